The molecule has 1 heterocycles. The van der Waals surface area contributed by atoms with E-state index in [1.807, 2.05) is 0 Å². The minimum atomic E-state index is 0.567. The number of hydrogen-bond acceptors (Lipinski definition) is 2. The van der Waals surface area contributed by atoms with Crippen molar-refractivity contribution < 1.29 is 0 Å². The molecule has 0 aliphatic heterocycles. The summed E-state index contributed by atoms with van der Waals surface area (Å²) in [5.41, 5.74) is 1.26. The van der Waals surface area contributed by atoms with Crippen LogP contribution in [-0.2, 0) is 6.42 Å². The quantitative estimate of drug-likeness (QED) is 0.733. The van der Waals surface area contributed by atoms with Crippen LogP contribution >= 0.6 is 0 Å². The van der Waals surface area contributed by atoms with E-state index in [1.54, 1.807) is 0 Å². The first-order chi connectivity index (χ1) is 10.3. The highest BCUT2D eigenvalue weighted by atomic mass is 15.3. The van der Waals surface area contributed by atoms with Crippen molar-refractivity contribution in [2.75, 3.05) is 7.05 Å². The van der Waals surface area contributed by atoms with Crippen molar-refractivity contribution in [2.24, 2.45) is 5.92 Å². The molecule has 1 aromatic rings. The molecule has 0 radical (unpaired) electrons. The lowest BCUT2D eigenvalue weighted by atomic mass is 9.88. The topological polar surface area (TPSA) is 29.9 Å². The first-order valence-corrected chi connectivity index (χ1v) is 8.99. The molecule has 120 valence electrons. The van der Waals surface area contributed by atoms with Gasteiger partial charge in [-0.15, -0.1) is 0 Å². The molecule has 0 saturated heterocycles. The molecule has 21 heavy (non-hydrogen) atoms. The van der Waals surface area contributed by atoms with Gasteiger partial charge in [0.05, 0.1) is 11.7 Å². The number of hydrogen-bond donors (Lipinski definition) is 1. The Hall–Kier alpha value is -0.830. The predicted molar refractivity (Wildman–Crippen MR) is 89.6 cm³/mol. The highest BCUT2D eigenvalue weighted by Gasteiger charge is 2.21. The Labute approximate surface area is 130 Å². The highest BCUT2D eigenvalue weighted by molar-refractivity contribution is 5.03. The average Bonchev–Trinajstić information content (AvgIpc) is 3.15. The molecule has 0 amide bonds. The van der Waals surface area contributed by atoms with E-state index in [0.717, 1.165) is 12.3 Å². The number of nitrogens with one attached hydrogen (secondary N) is 1. The summed E-state index contributed by atoms with van der Waals surface area (Å²) in [5.74, 6) is 0.779. The van der Waals surface area contributed by atoms with Gasteiger partial charge in [0.15, 0.2) is 0 Å². The molecule has 0 spiro atoms. The number of likely N-dealkylation sites (N-methyl/N-ethyl adjacent to an activating group) is 1. The zero-order chi connectivity index (χ0) is 15.1. The molecular formula is C18H33N3. The zero-order valence-electron chi connectivity index (χ0n) is 14.1. The maximum Gasteiger partial charge on any atom is 0.0640 e. The second-order valence-electron chi connectivity index (χ2n) is 6.66. The van der Waals surface area contributed by atoms with Gasteiger partial charge in [0, 0.05) is 18.7 Å². The fourth-order valence-electron chi connectivity index (χ4n) is 3.88. The summed E-state index contributed by atoms with van der Waals surface area (Å²) in [7, 11) is 2.11. The van der Waals surface area contributed by atoms with E-state index in [1.165, 1.54) is 57.1 Å². The molecule has 1 unspecified atom stereocenters. The van der Waals surface area contributed by atoms with Gasteiger partial charge in [0.2, 0.25) is 0 Å². The van der Waals surface area contributed by atoms with E-state index >= 15 is 0 Å². The Morgan fingerprint density at radius 3 is 2.48 bits per heavy atom. The molecule has 3 nitrogen and oxygen atoms in total. The van der Waals surface area contributed by atoms with Gasteiger partial charge in [-0.05, 0) is 44.7 Å². The summed E-state index contributed by atoms with van der Waals surface area (Å²) in [6, 6.07) is 3.46. The summed E-state index contributed by atoms with van der Waals surface area (Å²) in [6.45, 7) is 4.59. The Balaban J connectivity index is 1.96. The van der Waals surface area contributed by atoms with Crippen LogP contribution in [0.25, 0.3) is 0 Å². The first kappa shape index (κ1) is 16.5. The molecule has 0 aromatic carbocycles. The summed E-state index contributed by atoms with van der Waals surface area (Å²) in [6.07, 6.45) is 13.8. The van der Waals surface area contributed by atoms with Gasteiger partial charge < -0.3 is 5.32 Å². The molecule has 0 bridgehead atoms. The van der Waals surface area contributed by atoms with E-state index in [4.69, 9.17) is 5.10 Å². The molecule has 1 N–H and O–H groups in total. The van der Waals surface area contributed by atoms with Crippen LogP contribution in [0.2, 0.25) is 0 Å². The van der Waals surface area contributed by atoms with Crippen molar-refractivity contribution in [3.05, 3.63) is 18.0 Å². The van der Waals surface area contributed by atoms with Crippen molar-refractivity contribution in [1.82, 2.24) is 15.1 Å². The van der Waals surface area contributed by atoms with E-state index < -0.39 is 0 Å². The molecule has 1 aliphatic carbocycles. The Morgan fingerprint density at radius 2 is 1.90 bits per heavy atom. The van der Waals surface area contributed by atoms with Crippen LogP contribution in [0.15, 0.2) is 12.3 Å². The van der Waals surface area contributed by atoms with Crippen LogP contribution in [-0.4, -0.2) is 22.9 Å². The maximum atomic E-state index is 4.86. The Bertz CT molecular complexity index is 387. The molecule has 3 heteroatoms. The maximum absolute atomic E-state index is 4.86. The van der Waals surface area contributed by atoms with Crippen molar-refractivity contribution in [3.63, 3.8) is 0 Å². The minimum absolute atomic E-state index is 0.567. The normalized spacial score (nSPS) is 17.7. The molecule has 1 aliphatic rings. The molecule has 1 saturated carbocycles. The van der Waals surface area contributed by atoms with Gasteiger partial charge in [-0.3, -0.25) is 4.68 Å². The predicted octanol–water partition coefficient (Wildman–Crippen LogP) is 4.35. The molecule has 2 rings (SSSR count). The van der Waals surface area contributed by atoms with Gasteiger partial charge in [0.1, 0.15) is 0 Å². The minimum Gasteiger partial charge on any atom is -0.316 e. The van der Waals surface area contributed by atoms with Gasteiger partial charge in [-0.25, -0.2) is 0 Å². The lowest BCUT2D eigenvalue weighted by Gasteiger charge is -2.26. The summed E-state index contributed by atoms with van der Waals surface area (Å²) in [4.78, 5) is 0. The van der Waals surface area contributed by atoms with Crippen LogP contribution in [0.4, 0.5) is 0 Å². The second kappa shape index (κ2) is 8.57. The van der Waals surface area contributed by atoms with Gasteiger partial charge >= 0.3 is 0 Å². The van der Waals surface area contributed by atoms with Crippen molar-refractivity contribution in [2.45, 2.75) is 83.7 Å². The highest BCUT2D eigenvalue weighted by Crippen LogP contribution is 2.29. The summed E-state index contributed by atoms with van der Waals surface area (Å²) < 4.78 is 2.23. The molecular weight excluding hydrogens is 258 g/mol. The number of aromatic nitrogens is 2. The van der Waals surface area contributed by atoms with Crippen molar-refractivity contribution in [3.8, 4) is 0 Å². The third-order valence-corrected chi connectivity index (χ3v) is 5.05. The Kier molecular flexibility index (Phi) is 6.75. The Morgan fingerprint density at radius 1 is 1.24 bits per heavy atom. The van der Waals surface area contributed by atoms with Crippen LogP contribution in [0.3, 0.4) is 0 Å². The van der Waals surface area contributed by atoms with E-state index in [9.17, 15) is 0 Å². The second-order valence-corrected chi connectivity index (χ2v) is 6.66. The molecule has 1 atom stereocenters. The van der Waals surface area contributed by atoms with Gasteiger partial charge in [-0.2, -0.15) is 5.10 Å². The first-order valence-electron chi connectivity index (χ1n) is 8.99. The fraction of sp³-hybridized carbons (Fsp3) is 0.833. The van der Waals surface area contributed by atoms with Crippen LogP contribution in [0.1, 0.15) is 76.9 Å². The van der Waals surface area contributed by atoms with Crippen molar-refractivity contribution >= 4 is 0 Å². The lowest BCUT2D eigenvalue weighted by molar-refractivity contribution is 0.319. The standard InChI is InChI=1S/C18H33N3/c1-4-8-15(9-5-2)18(19-3)14-16-12-13-21(20-16)17-10-6-7-11-17/h12-13,15,17-19H,4-11,14H2,1-3H3. The fourth-order valence-corrected chi connectivity index (χ4v) is 3.88. The average molecular weight is 291 g/mol. The lowest BCUT2D eigenvalue weighted by Crippen LogP contribution is -2.35. The van der Waals surface area contributed by atoms with Crippen LogP contribution in [0.5, 0.6) is 0 Å². The number of rotatable bonds is 9. The smallest absolute Gasteiger partial charge is 0.0640 e. The SMILES string of the molecule is CCCC(CCC)C(Cc1ccn(C2CCCC2)n1)NC. The van der Waals surface area contributed by atoms with Crippen LogP contribution < -0.4 is 5.32 Å². The van der Waals surface area contributed by atoms with E-state index in [0.29, 0.717) is 12.1 Å². The van der Waals surface area contributed by atoms with Gasteiger partial charge in [-0.1, -0.05) is 39.5 Å². The third-order valence-electron chi connectivity index (χ3n) is 5.05. The third kappa shape index (κ3) is 4.57. The summed E-state index contributed by atoms with van der Waals surface area (Å²) >= 11 is 0. The number of nitrogens with zero attached hydrogens (tertiary/aromatic N) is 2. The van der Waals surface area contributed by atoms with Crippen molar-refractivity contribution in [1.29, 1.82) is 0 Å². The van der Waals surface area contributed by atoms with Crippen LogP contribution in [0, 0.1) is 5.92 Å². The summed E-state index contributed by atoms with van der Waals surface area (Å²) in [5, 5.41) is 8.41. The van der Waals surface area contributed by atoms with Gasteiger partial charge in [0.25, 0.3) is 0 Å². The largest absolute Gasteiger partial charge is 0.316 e. The van der Waals surface area contributed by atoms with E-state index in [2.05, 4.69) is 43.2 Å². The zero-order valence-corrected chi connectivity index (χ0v) is 14.1. The monoisotopic (exact) mass is 291 g/mol. The molecule has 1 aromatic heterocycles. The molecule has 1 fully saturated rings. The van der Waals surface area contributed by atoms with E-state index in [-0.39, 0.29) is 0 Å².